The Morgan fingerprint density at radius 1 is 0.909 bits per heavy atom. The highest BCUT2D eigenvalue weighted by molar-refractivity contribution is 5.95. The Morgan fingerprint density at radius 2 is 1.52 bits per heavy atom. The zero-order chi connectivity index (χ0) is 32.1. The topological polar surface area (TPSA) is 164 Å². The zero-order valence-corrected chi connectivity index (χ0v) is 23.4. The molecule has 5 N–H and O–H groups in total. The highest BCUT2D eigenvalue weighted by Crippen LogP contribution is 2.21. The Bertz CT molecular complexity index is 1410. The summed E-state index contributed by atoms with van der Waals surface area (Å²) >= 11 is 0. The first-order valence-electron chi connectivity index (χ1n) is 13.4. The van der Waals surface area contributed by atoms with Crippen LogP contribution in [0.4, 0.5) is 18.0 Å². The van der Waals surface area contributed by atoms with Gasteiger partial charge in [0.05, 0.1) is 6.54 Å². The Hall–Kier alpha value is -5.27. The van der Waals surface area contributed by atoms with E-state index in [0.717, 1.165) is 0 Å². The highest BCUT2D eigenvalue weighted by Gasteiger charge is 2.38. The van der Waals surface area contributed by atoms with Crippen molar-refractivity contribution in [2.24, 2.45) is 5.73 Å². The predicted molar refractivity (Wildman–Crippen MR) is 153 cm³/mol. The summed E-state index contributed by atoms with van der Waals surface area (Å²) in [6.45, 7) is 1.72. The number of benzene rings is 3. The van der Waals surface area contributed by atoms with Crippen LogP contribution < -0.4 is 25.3 Å². The monoisotopic (exact) mass is 616 g/mol. The SMILES string of the molecule is N=C(N)c1cccc(OCCNC(=O)c2ccc(OC3CCN(C(=O)Oc4ccccc4)CC3)cc2)c1.O=C(O)C(F)(F)F. The second-order valence-electron chi connectivity index (χ2n) is 9.36. The van der Waals surface area contributed by atoms with Crippen molar-refractivity contribution < 1.29 is 46.9 Å². The van der Waals surface area contributed by atoms with Crippen LogP contribution in [0.5, 0.6) is 17.2 Å². The molecule has 3 aromatic rings. The molecule has 4 rings (SSSR count). The fourth-order valence-corrected chi connectivity index (χ4v) is 3.88. The molecule has 2 amide bonds. The van der Waals surface area contributed by atoms with Gasteiger partial charge in [0, 0.05) is 37.1 Å². The van der Waals surface area contributed by atoms with E-state index < -0.39 is 12.1 Å². The molecular weight excluding hydrogens is 585 g/mol. The number of nitrogens with zero attached hydrogens (tertiary/aromatic N) is 1. The lowest BCUT2D eigenvalue weighted by Gasteiger charge is -2.31. The molecule has 0 radical (unpaired) electrons. The number of hydrogen-bond acceptors (Lipinski definition) is 7. The molecule has 0 aromatic heterocycles. The van der Waals surface area contributed by atoms with E-state index >= 15 is 0 Å². The number of hydrogen-bond donors (Lipinski definition) is 4. The smallest absolute Gasteiger partial charge is 0.490 e. The largest absolute Gasteiger partial charge is 0.492 e. The third kappa shape index (κ3) is 10.9. The van der Waals surface area contributed by atoms with Crippen LogP contribution >= 0.6 is 0 Å². The molecule has 0 aliphatic carbocycles. The van der Waals surface area contributed by atoms with Crippen molar-refractivity contribution in [2.75, 3.05) is 26.2 Å². The number of nitrogens with two attached hydrogens (primary N) is 1. The van der Waals surface area contributed by atoms with Crippen molar-refractivity contribution >= 4 is 23.8 Å². The number of halogens is 3. The number of carboxylic acids is 1. The Kier molecular flexibility index (Phi) is 11.9. The molecule has 0 bridgehead atoms. The molecule has 1 aliphatic heterocycles. The lowest BCUT2D eigenvalue weighted by molar-refractivity contribution is -0.192. The molecule has 11 nitrogen and oxygen atoms in total. The number of piperidine rings is 1. The number of nitrogens with one attached hydrogen (secondary N) is 2. The zero-order valence-electron chi connectivity index (χ0n) is 23.4. The van der Waals surface area contributed by atoms with Crippen LogP contribution in [-0.2, 0) is 4.79 Å². The molecule has 3 aromatic carbocycles. The van der Waals surface area contributed by atoms with Gasteiger partial charge in [-0.15, -0.1) is 0 Å². The first-order valence-corrected chi connectivity index (χ1v) is 13.4. The van der Waals surface area contributed by atoms with Crippen LogP contribution in [-0.4, -0.2) is 72.3 Å². The average molecular weight is 617 g/mol. The van der Waals surface area contributed by atoms with Gasteiger partial charge in [-0.3, -0.25) is 10.2 Å². The van der Waals surface area contributed by atoms with Crippen molar-refractivity contribution in [1.29, 1.82) is 5.41 Å². The van der Waals surface area contributed by atoms with E-state index in [2.05, 4.69) is 5.32 Å². The van der Waals surface area contributed by atoms with Gasteiger partial charge in [0.15, 0.2) is 0 Å². The van der Waals surface area contributed by atoms with E-state index in [1.54, 1.807) is 65.6 Å². The Labute approximate surface area is 250 Å². The average Bonchev–Trinajstić information content (AvgIpc) is 3.00. The van der Waals surface area contributed by atoms with Crippen molar-refractivity contribution in [3.05, 3.63) is 90.0 Å². The normalized spacial score (nSPS) is 13.1. The minimum Gasteiger partial charge on any atom is -0.492 e. The second kappa shape index (κ2) is 15.8. The van der Waals surface area contributed by atoms with Gasteiger partial charge in [-0.2, -0.15) is 13.2 Å². The van der Waals surface area contributed by atoms with Gasteiger partial charge in [0.25, 0.3) is 5.91 Å². The number of amidine groups is 1. The van der Waals surface area contributed by atoms with Gasteiger partial charge in [0.1, 0.15) is 35.8 Å². The summed E-state index contributed by atoms with van der Waals surface area (Å²) in [5.74, 6) is -1.20. The molecule has 0 atom stereocenters. The number of rotatable bonds is 9. The van der Waals surface area contributed by atoms with E-state index in [-0.39, 0.29) is 30.5 Å². The van der Waals surface area contributed by atoms with Gasteiger partial charge in [0.2, 0.25) is 0 Å². The molecular formula is C30H31F3N4O7. The van der Waals surface area contributed by atoms with Crippen LogP contribution in [0.1, 0.15) is 28.8 Å². The first-order chi connectivity index (χ1) is 20.9. The summed E-state index contributed by atoms with van der Waals surface area (Å²) in [5, 5.41) is 17.4. The van der Waals surface area contributed by atoms with Crippen molar-refractivity contribution in [2.45, 2.75) is 25.1 Å². The van der Waals surface area contributed by atoms with Crippen LogP contribution in [0.3, 0.4) is 0 Å². The fraction of sp³-hybridized carbons (Fsp3) is 0.267. The quantitative estimate of drug-likeness (QED) is 0.156. The van der Waals surface area contributed by atoms with E-state index in [4.69, 9.17) is 35.3 Å². The van der Waals surface area contributed by atoms with Crippen molar-refractivity contribution in [1.82, 2.24) is 10.2 Å². The molecule has 44 heavy (non-hydrogen) atoms. The van der Waals surface area contributed by atoms with E-state index in [0.29, 0.717) is 60.9 Å². The molecule has 1 heterocycles. The number of amides is 2. The van der Waals surface area contributed by atoms with Gasteiger partial charge < -0.3 is 35.3 Å². The summed E-state index contributed by atoms with van der Waals surface area (Å²) in [4.78, 5) is 35.4. The molecule has 14 heteroatoms. The van der Waals surface area contributed by atoms with Gasteiger partial charge in [-0.05, 0) is 48.5 Å². The number of carbonyl (C=O) groups excluding carboxylic acids is 2. The van der Waals surface area contributed by atoms with Crippen LogP contribution in [0, 0.1) is 5.41 Å². The van der Waals surface area contributed by atoms with Crippen molar-refractivity contribution in [3.8, 4) is 17.2 Å². The number of ether oxygens (including phenoxy) is 3. The number of carboxylic acid groups (broad SMARTS) is 1. The third-order valence-corrected chi connectivity index (χ3v) is 6.11. The third-order valence-electron chi connectivity index (χ3n) is 6.11. The lowest BCUT2D eigenvalue weighted by Crippen LogP contribution is -2.43. The fourth-order valence-electron chi connectivity index (χ4n) is 3.88. The maximum absolute atomic E-state index is 12.4. The minimum absolute atomic E-state index is 0.0147. The Balaban J connectivity index is 0.000000676. The number of para-hydroxylation sites is 1. The van der Waals surface area contributed by atoms with Gasteiger partial charge in [-0.25, -0.2) is 9.59 Å². The summed E-state index contributed by atoms with van der Waals surface area (Å²) in [6.07, 6.45) is -4.06. The first kappa shape index (κ1) is 33.2. The number of alkyl halides is 3. The summed E-state index contributed by atoms with van der Waals surface area (Å²) in [5.41, 5.74) is 6.59. The lowest BCUT2D eigenvalue weighted by atomic mass is 10.1. The maximum Gasteiger partial charge on any atom is 0.490 e. The molecule has 0 spiro atoms. The van der Waals surface area contributed by atoms with E-state index in [1.165, 1.54) is 0 Å². The summed E-state index contributed by atoms with van der Waals surface area (Å²) < 4.78 is 48.8. The van der Waals surface area contributed by atoms with Crippen LogP contribution in [0.15, 0.2) is 78.9 Å². The van der Waals surface area contributed by atoms with Gasteiger partial charge in [-0.1, -0.05) is 30.3 Å². The molecule has 0 saturated carbocycles. The molecule has 1 saturated heterocycles. The Morgan fingerprint density at radius 3 is 2.11 bits per heavy atom. The summed E-state index contributed by atoms with van der Waals surface area (Å²) in [6, 6.07) is 22.9. The number of nitrogen functional groups attached to an aromatic ring is 1. The van der Waals surface area contributed by atoms with Crippen LogP contribution in [0.25, 0.3) is 0 Å². The number of carbonyl (C=O) groups is 3. The van der Waals surface area contributed by atoms with E-state index in [9.17, 15) is 22.8 Å². The number of aliphatic carboxylic acids is 1. The number of likely N-dealkylation sites (tertiary alicyclic amines) is 1. The molecule has 1 aliphatic rings. The standard InChI is InChI=1S/C28H30N4O5.C2HF3O2/c29-26(30)21-5-4-8-25(19-21)35-18-15-31-27(33)20-9-11-23(12-10-20)36-24-13-16-32(17-14-24)28(34)37-22-6-2-1-3-7-22;3-2(4,5)1(6)7/h1-12,19,24H,13-18H2,(H3,29,30)(H,31,33);(H,6,7). The van der Waals surface area contributed by atoms with E-state index in [1.807, 2.05) is 18.2 Å². The predicted octanol–water partition coefficient (Wildman–Crippen LogP) is 4.45. The molecule has 234 valence electrons. The second-order valence-corrected chi connectivity index (χ2v) is 9.36. The maximum atomic E-state index is 12.4. The van der Waals surface area contributed by atoms with Gasteiger partial charge >= 0.3 is 18.2 Å². The summed E-state index contributed by atoms with van der Waals surface area (Å²) in [7, 11) is 0. The molecule has 0 unspecified atom stereocenters. The van der Waals surface area contributed by atoms with Crippen molar-refractivity contribution in [3.63, 3.8) is 0 Å². The minimum atomic E-state index is -5.08. The van der Waals surface area contributed by atoms with Crippen LogP contribution in [0.2, 0.25) is 0 Å². The highest BCUT2D eigenvalue weighted by atomic mass is 19.4. The molecule has 1 fully saturated rings.